The molecule has 8 nitrogen and oxygen atoms in total. The second-order valence-corrected chi connectivity index (χ2v) is 10.8. The lowest BCUT2D eigenvalue weighted by atomic mass is 9.66. The van der Waals surface area contributed by atoms with E-state index in [-0.39, 0.29) is 24.5 Å². The van der Waals surface area contributed by atoms with E-state index >= 15 is 0 Å². The van der Waals surface area contributed by atoms with Crippen LogP contribution in [0.4, 0.5) is 0 Å². The van der Waals surface area contributed by atoms with Gasteiger partial charge in [0.05, 0.1) is 17.4 Å². The fourth-order valence-corrected chi connectivity index (χ4v) is 7.18. The van der Waals surface area contributed by atoms with Crippen LogP contribution >= 0.6 is 0 Å². The predicted molar refractivity (Wildman–Crippen MR) is 126 cm³/mol. The molecule has 2 bridgehead atoms. The summed E-state index contributed by atoms with van der Waals surface area (Å²) in [5.74, 6) is -3.15. The molecule has 4 fully saturated rings. The first-order chi connectivity index (χ1) is 16.3. The van der Waals surface area contributed by atoms with Crippen LogP contribution < -0.4 is 0 Å². The summed E-state index contributed by atoms with van der Waals surface area (Å²) in [6.45, 7) is 6.61. The quantitative estimate of drug-likeness (QED) is 0.351. The molecule has 0 aromatic rings. The van der Waals surface area contributed by atoms with E-state index in [1.165, 1.54) is 6.42 Å². The van der Waals surface area contributed by atoms with E-state index in [4.69, 9.17) is 9.84 Å². The van der Waals surface area contributed by atoms with Gasteiger partial charge in [-0.15, -0.1) is 6.58 Å². The van der Waals surface area contributed by atoms with Crippen molar-refractivity contribution in [1.29, 1.82) is 0 Å². The van der Waals surface area contributed by atoms with Crippen LogP contribution in [0.25, 0.3) is 0 Å². The number of rotatable bonds is 11. The number of aliphatic hydroxyl groups excluding tert-OH is 1. The molecule has 1 aliphatic carbocycles. The Hall–Kier alpha value is -1.93. The summed E-state index contributed by atoms with van der Waals surface area (Å²) in [4.78, 5) is 43.9. The standard InChI is InChI=1S/C26H40N2O6/c1-3-15-27(18-11-7-6-8-12-18)23(31)21-26-14-13-25(2,34-26)20(24(32)33)19(26)22(30)28(21)16-9-4-5-10-17-29/h3,18-21,29H,1,4-17H2,2H3,(H,32,33)/t19-,20-,21?,25+,26?/m0/s1. The number of aliphatic carboxylic acids is 1. The molecule has 3 saturated heterocycles. The molecule has 2 N–H and O–H groups in total. The largest absolute Gasteiger partial charge is 0.481 e. The number of fused-ring (bicyclic) bond motifs is 1. The zero-order valence-corrected chi connectivity index (χ0v) is 20.4. The molecule has 3 heterocycles. The molecular formula is C26H40N2O6. The van der Waals surface area contributed by atoms with Crippen molar-refractivity contribution >= 4 is 17.8 Å². The number of nitrogens with zero attached hydrogens (tertiary/aromatic N) is 2. The molecule has 8 heteroatoms. The summed E-state index contributed by atoms with van der Waals surface area (Å²) in [6, 6.07) is -0.684. The number of aliphatic hydroxyl groups is 1. The van der Waals surface area contributed by atoms with Gasteiger partial charge in [-0.25, -0.2) is 0 Å². The maximum atomic E-state index is 14.3. The maximum Gasteiger partial charge on any atom is 0.310 e. The Morgan fingerprint density at radius 1 is 1.18 bits per heavy atom. The van der Waals surface area contributed by atoms with E-state index in [9.17, 15) is 19.5 Å². The normalized spacial score (nSPS) is 34.9. The summed E-state index contributed by atoms with van der Waals surface area (Å²) in [6.07, 6.45) is 11.1. The minimum absolute atomic E-state index is 0.112. The van der Waals surface area contributed by atoms with Crippen molar-refractivity contribution in [2.75, 3.05) is 19.7 Å². The van der Waals surface area contributed by atoms with E-state index in [0.29, 0.717) is 38.8 Å². The van der Waals surface area contributed by atoms with Gasteiger partial charge in [-0.3, -0.25) is 14.4 Å². The van der Waals surface area contributed by atoms with Gasteiger partial charge in [0.1, 0.15) is 11.6 Å². The summed E-state index contributed by atoms with van der Waals surface area (Å²) < 4.78 is 6.49. The number of likely N-dealkylation sites (tertiary alicyclic amines) is 1. The van der Waals surface area contributed by atoms with Crippen LogP contribution in [0.3, 0.4) is 0 Å². The minimum atomic E-state index is -1.08. The molecule has 34 heavy (non-hydrogen) atoms. The molecule has 2 amide bonds. The highest BCUT2D eigenvalue weighted by molar-refractivity contribution is 5.98. The molecular weight excluding hydrogens is 436 g/mol. The Bertz CT molecular complexity index is 811. The SMILES string of the molecule is C=CCN(C(=O)C1N(CCCCCCO)C(=O)[C@@H]2[C@@H](C(=O)O)[C@@]3(C)CCC12O3)C1CCCCC1. The van der Waals surface area contributed by atoms with Crippen molar-refractivity contribution in [1.82, 2.24) is 9.80 Å². The van der Waals surface area contributed by atoms with Crippen molar-refractivity contribution in [2.45, 2.75) is 101 Å². The Balaban J connectivity index is 1.67. The van der Waals surface area contributed by atoms with Crippen molar-refractivity contribution in [2.24, 2.45) is 11.8 Å². The van der Waals surface area contributed by atoms with Crippen LogP contribution in [0.15, 0.2) is 12.7 Å². The highest BCUT2D eigenvalue weighted by Gasteiger charge is 2.78. The Kier molecular flexibility index (Phi) is 7.38. The van der Waals surface area contributed by atoms with E-state index < -0.39 is 35.0 Å². The number of carbonyl (C=O) groups excluding carboxylic acids is 2. The predicted octanol–water partition coefficient (Wildman–Crippen LogP) is 2.74. The third kappa shape index (κ3) is 4.06. The van der Waals surface area contributed by atoms with E-state index in [0.717, 1.165) is 38.5 Å². The van der Waals surface area contributed by atoms with Gasteiger partial charge in [-0.1, -0.05) is 38.2 Å². The second-order valence-electron chi connectivity index (χ2n) is 10.8. The Morgan fingerprint density at radius 2 is 1.88 bits per heavy atom. The zero-order chi connectivity index (χ0) is 24.5. The fourth-order valence-electron chi connectivity index (χ4n) is 7.18. The Morgan fingerprint density at radius 3 is 2.53 bits per heavy atom. The molecule has 1 saturated carbocycles. The van der Waals surface area contributed by atoms with Crippen LogP contribution in [0, 0.1) is 11.8 Å². The highest BCUT2D eigenvalue weighted by Crippen LogP contribution is 2.63. The van der Waals surface area contributed by atoms with Crippen molar-refractivity contribution in [3.05, 3.63) is 12.7 Å². The summed E-state index contributed by atoms with van der Waals surface area (Å²) >= 11 is 0. The number of carbonyl (C=O) groups is 3. The van der Waals surface area contributed by atoms with Gasteiger partial charge in [0.15, 0.2) is 0 Å². The average molecular weight is 477 g/mol. The minimum Gasteiger partial charge on any atom is -0.481 e. The van der Waals surface area contributed by atoms with Crippen LogP contribution in [-0.4, -0.2) is 80.8 Å². The first kappa shape index (κ1) is 25.2. The molecule has 0 radical (unpaired) electrons. The number of ether oxygens (including phenoxy) is 1. The van der Waals surface area contributed by atoms with Gasteiger partial charge in [0, 0.05) is 25.7 Å². The lowest BCUT2D eigenvalue weighted by Gasteiger charge is -2.40. The van der Waals surface area contributed by atoms with Gasteiger partial charge in [-0.2, -0.15) is 0 Å². The average Bonchev–Trinajstić information content (AvgIpc) is 3.38. The summed E-state index contributed by atoms with van der Waals surface area (Å²) in [7, 11) is 0. The van der Waals surface area contributed by atoms with Crippen molar-refractivity contribution in [3.8, 4) is 0 Å². The van der Waals surface area contributed by atoms with E-state index in [1.54, 1.807) is 17.9 Å². The van der Waals surface area contributed by atoms with Crippen LogP contribution in [0.5, 0.6) is 0 Å². The molecule has 4 rings (SSSR count). The zero-order valence-electron chi connectivity index (χ0n) is 20.4. The maximum absolute atomic E-state index is 14.3. The first-order valence-corrected chi connectivity index (χ1v) is 13.1. The van der Waals surface area contributed by atoms with E-state index in [1.807, 2.05) is 4.90 Å². The second kappa shape index (κ2) is 9.97. The molecule has 1 spiro atoms. The van der Waals surface area contributed by atoms with Gasteiger partial charge in [0.2, 0.25) is 11.8 Å². The van der Waals surface area contributed by atoms with Gasteiger partial charge < -0.3 is 24.7 Å². The van der Waals surface area contributed by atoms with Crippen molar-refractivity contribution in [3.63, 3.8) is 0 Å². The van der Waals surface area contributed by atoms with Crippen LogP contribution in [0.2, 0.25) is 0 Å². The summed E-state index contributed by atoms with van der Waals surface area (Å²) in [5, 5.41) is 19.1. The van der Waals surface area contributed by atoms with E-state index in [2.05, 4.69) is 6.58 Å². The Labute approximate surface area is 202 Å². The van der Waals surface area contributed by atoms with Gasteiger partial charge >= 0.3 is 5.97 Å². The molecule has 190 valence electrons. The molecule has 0 aromatic heterocycles. The smallest absolute Gasteiger partial charge is 0.310 e. The monoisotopic (exact) mass is 476 g/mol. The fraction of sp³-hybridized carbons (Fsp3) is 0.808. The number of carboxylic acids is 1. The molecule has 5 atom stereocenters. The number of hydrogen-bond donors (Lipinski definition) is 2. The molecule has 2 unspecified atom stereocenters. The van der Waals surface area contributed by atoms with Crippen LogP contribution in [0.1, 0.15) is 77.6 Å². The first-order valence-electron chi connectivity index (χ1n) is 13.1. The molecule has 3 aliphatic heterocycles. The van der Waals surface area contributed by atoms with Gasteiger partial charge in [0.25, 0.3) is 0 Å². The topological polar surface area (TPSA) is 107 Å². The third-order valence-electron chi connectivity index (χ3n) is 8.71. The lowest BCUT2D eigenvalue weighted by molar-refractivity contribution is -0.157. The number of unbranched alkanes of at least 4 members (excludes halogenated alkanes) is 3. The van der Waals surface area contributed by atoms with Gasteiger partial charge in [-0.05, 0) is 45.4 Å². The third-order valence-corrected chi connectivity index (χ3v) is 8.71. The number of carboxylic acid groups (broad SMARTS) is 1. The van der Waals surface area contributed by atoms with Crippen LogP contribution in [-0.2, 0) is 19.1 Å². The molecule has 0 aromatic carbocycles. The highest BCUT2D eigenvalue weighted by atomic mass is 16.5. The van der Waals surface area contributed by atoms with Crippen molar-refractivity contribution < 1.29 is 29.3 Å². The lowest BCUT2D eigenvalue weighted by Crippen LogP contribution is -2.58. The number of amides is 2. The number of hydrogen-bond acceptors (Lipinski definition) is 5. The molecule has 4 aliphatic rings. The summed E-state index contributed by atoms with van der Waals surface area (Å²) in [5.41, 5.74) is -2.00.